The van der Waals surface area contributed by atoms with Gasteiger partial charge in [0.25, 0.3) is 0 Å². The lowest BCUT2D eigenvalue weighted by atomic mass is 10.1. The molecule has 0 saturated carbocycles. The molecule has 4 N–H and O–H groups in total. The predicted molar refractivity (Wildman–Crippen MR) is 61.5 cm³/mol. The number of hydrogen-bond acceptors (Lipinski definition) is 3. The zero-order valence-electron chi connectivity index (χ0n) is 10.2. The van der Waals surface area contributed by atoms with Gasteiger partial charge in [0.05, 0.1) is 5.92 Å². The van der Waals surface area contributed by atoms with Crippen molar-refractivity contribution < 1.29 is 19.5 Å². The molecule has 0 heterocycles. The van der Waals surface area contributed by atoms with Crippen molar-refractivity contribution in [1.82, 2.24) is 16.0 Å². The molecule has 0 spiro atoms. The summed E-state index contributed by atoms with van der Waals surface area (Å²) in [5, 5.41) is 16.0. The third-order valence-corrected chi connectivity index (χ3v) is 2.34. The maximum Gasteiger partial charge on any atom is 0.315 e. The largest absolute Gasteiger partial charge is 0.481 e. The second kappa shape index (κ2) is 7.48. The quantitative estimate of drug-likeness (QED) is 0.507. The summed E-state index contributed by atoms with van der Waals surface area (Å²) in [4.78, 5) is 33.1. The molecular formula is C10H19N3O4. The van der Waals surface area contributed by atoms with Crippen LogP contribution in [0.15, 0.2) is 0 Å². The number of carbonyl (C=O) groups excluding carboxylic acids is 2. The van der Waals surface area contributed by atoms with Crippen molar-refractivity contribution >= 4 is 17.9 Å². The van der Waals surface area contributed by atoms with Crippen LogP contribution in [0.25, 0.3) is 0 Å². The van der Waals surface area contributed by atoms with E-state index in [1.54, 1.807) is 6.92 Å². The molecule has 0 aromatic heterocycles. The fraction of sp³-hybridized carbons (Fsp3) is 0.700. The molecule has 0 saturated heterocycles. The summed E-state index contributed by atoms with van der Waals surface area (Å²) in [7, 11) is 1.47. The van der Waals surface area contributed by atoms with Crippen molar-refractivity contribution in [3.05, 3.63) is 0 Å². The first-order valence-electron chi connectivity index (χ1n) is 5.41. The molecule has 0 aromatic rings. The highest BCUT2D eigenvalue weighted by molar-refractivity contribution is 5.86. The van der Waals surface area contributed by atoms with E-state index >= 15 is 0 Å². The molecule has 0 radical (unpaired) electrons. The summed E-state index contributed by atoms with van der Waals surface area (Å²) in [5.41, 5.74) is 0. The number of likely N-dealkylation sites (N-methyl/N-ethyl adjacent to an activating group) is 1. The van der Waals surface area contributed by atoms with Gasteiger partial charge in [-0.3, -0.25) is 9.59 Å². The van der Waals surface area contributed by atoms with Gasteiger partial charge in [-0.25, -0.2) is 4.79 Å². The van der Waals surface area contributed by atoms with Crippen LogP contribution >= 0.6 is 0 Å². The van der Waals surface area contributed by atoms with Crippen LogP contribution in [0.3, 0.4) is 0 Å². The Hall–Kier alpha value is -1.79. The highest BCUT2D eigenvalue weighted by Gasteiger charge is 2.17. The van der Waals surface area contributed by atoms with Crippen LogP contribution < -0.4 is 16.0 Å². The van der Waals surface area contributed by atoms with E-state index in [0.717, 1.165) is 0 Å². The number of aliphatic carboxylic acids is 1. The molecule has 98 valence electrons. The minimum Gasteiger partial charge on any atom is -0.481 e. The maximum absolute atomic E-state index is 11.3. The van der Waals surface area contributed by atoms with Crippen LogP contribution in [0.1, 0.15) is 20.3 Å². The molecule has 7 nitrogen and oxygen atoms in total. The second-order valence-electron chi connectivity index (χ2n) is 3.63. The van der Waals surface area contributed by atoms with Crippen LogP contribution in [0.4, 0.5) is 4.79 Å². The van der Waals surface area contributed by atoms with E-state index in [1.807, 2.05) is 0 Å². The molecule has 0 aliphatic carbocycles. The highest BCUT2D eigenvalue weighted by Crippen LogP contribution is 1.99. The van der Waals surface area contributed by atoms with Crippen molar-refractivity contribution in [2.75, 3.05) is 13.6 Å². The Bertz CT molecular complexity index is 293. The Morgan fingerprint density at radius 1 is 1.29 bits per heavy atom. The first-order chi connectivity index (χ1) is 7.92. The average Bonchev–Trinajstić information content (AvgIpc) is 2.28. The first-order valence-corrected chi connectivity index (χ1v) is 5.41. The fourth-order valence-electron chi connectivity index (χ4n) is 1.15. The number of rotatable bonds is 6. The molecule has 0 aromatic carbocycles. The molecule has 0 rings (SSSR count). The standard InChI is InChI=1S/C10H19N3O4/c1-4-7(9(15)16)5-12-10(17)13-6(2)8(14)11-3/h6-7H,4-5H2,1-3H3,(H,11,14)(H,15,16)(H2,12,13,17). The lowest BCUT2D eigenvalue weighted by molar-refractivity contribution is -0.141. The van der Waals surface area contributed by atoms with E-state index in [2.05, 4.69) is 16.0 Å². The number of nitrogens with one attached hydrogen (secondary N) is 3. The molecule has 2 atom stereocenters. The molecule has 0 aliphatic heterocycles. The zero-order chi connectivity index (χ0) is 13.4. The molecular weight excluding hydrogens is 226 g/mol. The van der Waals surface area contributed by atoms with Gasteiger partial charge in [-0.1, -0.05) is 6.92 Å². The van der Waals surface area contributed by atoms with Gasteiger partial charge in [0.1, 0.15) is 6.04 Å². The minimum atomic E-state index is -0.952. The van der Waals surface area contributed by atoms with Gasteiger partial charge >= 0.3 is 12.0 Å². The SMILES string of the molecule is CCC(CNC(=O)NC(C)C(=O)NC)C(=O)O. The summed E-state index contributed by atoms with van der Waals surface area (Å²) in [6.45, 7) is 3.30. The minimum absolute atomic E-state index is 0.0398. The van der Waals surface area contributed by atoms with Crippen molar-refractivity contribution in [3.8, 4) is 0 Å². The Morgan fingerprint density at radius 3 is 2.29 bits per heavy atom. The molecule has 2 unspecified atom stereocenters. The summed E-state index contributed by atoms with van der Waals surface area (Å²) >= 11 is 0. The van der Waals surface area contributed by atoms with E-state index in [-0.39, 0.29) is 12.5 Å². The summed E-state index contributed by atoms with van der Waals surface area (Å²) in [5.74, 6) is -1.88. The Morgan fingerprint density at radius 2 is 1.88 bits per heavy atom. The fourth-order valence-corrected chi connectivity index (χ4v) is 1.15. The van der Waals surface area contributed by atoms with Gasteiger partial charge in [0, 0.05) is 13.6 Å². The monoisotopic (exact) mass is 245 g/mol. The zero-order valence-corrected chi connectivity index (χ0v) is 10.2. The third kappa shape index (κ3) is 5.74. The molecule has 0 bridgehead atoms. The number of amides is 3. The van der Waals surface area contributed by atoms with E-state index < -0.39 is 24.0 Å². The number of urea groups is 1. The lowest BCUT2D eigenvalue weighted by Gasteiger charge is -2.15. The van der Waals surface area contributed by atoms with Gasteiger partial charge in [0.2, 0.25) is 5.91 Å². The summed E-state index contributed by atoms with van der Waals surface area (Å²) in [6.07, 6.45) is 0.431. The van der Waals surface area contributed by atoms with Gasteiger partial charge in [-0.2, -0.15) is 0 Å². The normalized spacial score (nSPS) is 13.4. The third-order valence-electron chi connectivity index (χ3n) is 2.34. The van der Waals surface area contributed by atoms with E-state index in [0.29, 0.717) is 6.42 Å². The Labute approximate surface area is 100.0 Å². The Kier molecular flexibility index (Phi) is 6.69. The summed E-state index contributed by atoms with van der Waals surface area (Å²) in [6, 6.07) is -1.22. The van der Waals surface area contributed by atoms with Gasteiger partial charge in [0.15, 0.2) is 0 Å². The lowest BCUT2D eigenvalue weighted by Crippen LogP contribution is -2.48. The molecule has 3 amide bonds. The van der Waals surface area contributed by atoms with Gasteiger partial charge in [-0.15, -0.1) is 0 Å². The number of carboxylic acids is 1. The Balaban J connectivity index is 4.02. The van der Waals surface area contributed by atoms with Gasteiger partial charge < -0.3 is 21.1 Å². The van der Waals surface area contributed by atoms with Crippen molar-refractivity contribution in [1.29, 1.82) is 0 Å². The predicted octanol–water partition coefficient (Wildman–Crippen LogP) is -0.469. The van der Waals surface area contributed by atoms with E-state index in [9.17, 15) is 14.4 Å². The van der Waals surface area contributed by atoms with Crippen LogP contribution in [0.5, 0.6) is 0 Å². The van der Waals surface area contributed by atoms with Crippen LogP contribution in [0.2, 0.25) is 0 Å². The number of hydrogen-bond donors (Lipinski definition) is 4. The summed E-state index contributed by atoms with van der Waals surface area (Å²) < 4.78 is 0. The average molecular weight is 245 g/mol. The van der Waals surface area contributed by atoms with Crippen LogP contribution in [-0.2, 0) is 9.59 Å². The van der Waals surface area contributed by atoms with E-state index in [1.165, 1.54) is 14.0 Å². The topological polar surface area (TPSA) is 108 Å². The number of carboxylic acid groups (broad SMARTS) is 1. The highest BCUT2D eigenvalue weighted by atomic mass is 16.4. The molecule has 0 fully saturated rings. The van der Waals surface area contributed by atoms with Crippen molar-refractivity contribution in [3.63, 3.8) is 0 Å². The maximum atomic E-state index is 11.3. The van der Waals surface area contributed by atoms with Crippen LogP contribution in [-0.4, -0.2) is 42.6 Å². The smallest absolute Gasteiger partial charge is 0.315 e. The number of carbonyl (C=O) groups is 3. The molecule has 17 heavy (non-hydrogen) atoms. The van der Waals surface area contributed by atoms with Crippen molar-refractivity contribution in [2.24, 2.45) is 5.92 Å². The first kappa shape index (κ1) is 15.2. The van der Waals surface area contributed by atoms with E-state index in [4.69, 9.17) is 5.11 Å². The van der Waals surface area contributed by atoms with Crippen molar-refractivity contribution in [2.45, 2.75) is 26.3 Å². The van der Waals surface area contributed by atoms with Gasteiger partial charge in [-0.05, 0) is 13.3 Å². The molecule has 0 aliphatic rings. The second-order valence-corrected chi connectivity index (χ2v) is 3.63. The molecule has 7 heteroatoms. The van der Waals surface area contributed by atoms with Crippen LogP contribution in [0, 0.1) is 5.92 Å².